The highest BCUT2D eigenvalue weighted by atomic mass is 19.2. The van der Waals surface area contributed by atoms with E-state index in [1.54, 1.807) is 0 Å². The van der Waals surface area contributed by atoms with Gasteiger partial charge in [-0.15, -0.1) is 0 Å². The van der Waals surface area contributed by atoms with E-state index < -0.39 is 23.3 Å². The van der Waals surface area contributed by atoms with Gasteiger partial charge in [-0.3, -0.25) is 0 Å². The molecule has 92 valence electrons. The highest BCUT2D eigenvalue weighted by Crippen LogP contribution is 2.38. The smallest absolute Gasteiger partial charge is 0.167 e. The normalized spacial score (nSPS) is 13.1. The van der Waals surface area contributed by atoms with Gasteiger partial charge in [0.05, 0.1) is 0 Å². The largest absolute Gasteiger partial charge is 0.204 e. The van der Waals surface area contributed by atoms with Crippen LogP contribution in [-0.4, -0.2) is 0 Å². The second-order valence-corrected chi connectivity index (χ2v) is 4.29. The average molecular weight is 252 g/mol. The molecule has 0 nitrogen and oxygen atoms in total. The summed E-state index contributed by atoms with van der Waals surface area (Å²) in [6.07, 6.45) is 0.981. The van der Waals surface area contributed by atoms with Crippen molar-refractivity contribution in [1.29, 1.82) is 0 Å². The van der Waals surface area contributed by atoms with Gasteiger partial charge >= 0.3 is 0 Å². The van der Waals surface area contributed by atoms with Crippen molar-refractivity contribution in [2.24, 2.45) is 0 Å². The van der Waals surface area contributed by atoms with E-state index in [4.69, 9.17) is 0 Å². The van der Waals surface area contributed by atoms with Crippen molar-refractivity contribution < 1.29 is 17.6 Å². The molecule has 0 heterocycles. The summed E-state index contributed by atoms with van der Waals surface area (Å²) in [6, 6.07) is 4.86. The highest BCUT2D eigenvalue weighted by Gasteiger charge is 2.26. The van der Waals surface area contributed by atoms with Gasteiger partial charge in [0.15, 0.2) is 23.3 Å². The lowest BCUT2D eigenvalue weighted by Gasteiger charge is -2.21. The van der Waals surface area contributed by atoms with Crippen LogP contribution in [0.15, 0.2) is 24.3 Å². The molecule has 2 aromatic carbocycles. The number of rotatable bonds is 0. The topological polar surface area (TPSA) is 0 Å². The quantitative estimate of drug-likeness (QED) is 0.621. The fourth-order valence-corrected chi connectivity index (χ4v) is 2.41. The summed E-state index contributed by atoms with van der Waals surface area (Å²) in [5, 5.41) is 0. The Labute approximate surface area is 101 Å². The third kappa shape index (κ3) is 1.45. The summed E-state index contributed by atoms with van der Waals surface area (Å²) < 4.78 is 54.1. The summed E-state index contributed by atoms with van der Waals surface area (Å²) in [4.78, 5) is 0. The molecule has 0 saturated carbocycles. The van der Waals surface area contributed by atoms with Crippen LogP contribution in [0.3, 0.4) is 0 Å². The third-order valence-corrected chi connectivity index (χ3v) is 3.28. The van der Waals surface area contributed by atoms with Crippen LogP contribution in [0.2, 0.25) is 0 Å². The molecule has 2 aromatic rings. The predicted molar refractivity (Wildman–Crippen MR) is 59.1 cm³/mol. The summed E-state index contributed by atoms with van der Waals surface area (Å²) in [5.74, 6) is -4.33. The molecule has 0 aliphatic heterocycles. The molecule has 0 bridgehead atoms. The van der Waals surface area contributed by atoms with E-state index in [2.05, 4.69) is 0 Å². The second kappa shape index (κ2) is 3.83. The molecule has 0 N–H and O–H groups in total. The van der Waals surface area contributed by atoms with Crippen molar-refractivity contribution in [2.75, 3.05) is 0 Å². The van der Waals surface area contributed by atoms with Crippen molar-refractivity contribution >= 4 is 0 Å². The molecule has 18 heavy (non-hydrogen) atoms. The van der Waals surface area contributed by atoms with Crippen molar-refractivity contribution in [3.63, 3.8) is 0 Å². The average Bonchev–Trinajstić information content (AvgIpc) is 2.38. The van der Waals surface area contributed by atoms with E-state index in [0.29, 0.717) is 24.0 Å². The van der Waals surface area contributed by atoms with Crippen LogP contribution in [0.4, 0.5) is 17.6 Å². The van der Waals surface area contributed by atoms with E-state index >= 15 is 0 Å². The van der Waals surface area contributed by atoms with Gasteiger partial charge in [-0.2, -0.15) is 0 Å². The molecule has 0 unspecified atom stereocenters. The van der Waals surface area contributed by atoms with Gasteiger partial charge in [-0.25, -0.2) is 17.6 Å². The molecule has 0 amide bonds. The molecule has 3 rings (SSSR count). The zero-order valence-electron chi connectivity index (χ0n) is 9.24. The standard InChI is InChI=1S/C14H8F4/c15-9-5-3-7-1-2-8-4-6-10(16)14(18)12(8)11(7)13(9)17/h3-6H,1-2H2. The van der Waals surface area contributed by atoms with Crippen molar-refractivity contribution in [1.82, 2.24) is 0 Å². The first-order chi connectivity index (χ1) is 8.59. The maximum absolute atomic E-state index is 13.8. The fraction of sp³-hybridized carbons (Fsp3) is 0.143. The Kier molecular flexibility index (Phi) is 2.40. The minimum absolute atomic E-state index is 0.145. The first-order valence-corrected chi connectivity index (χ1v) is 5.53. The lowest BCUT2D eigenvalue weighted by atomic mass is 9.85. The first kappa shape index (κ1) is 11.3. The number of aryl methyl sites for hydroxylation is 2. The van der Waals surface area contributed by atoms with E-state index in [9.17, 15) is 17.6 Å². The second-order valence-electron chi connectivity index (χ2n) is 4.29. The molecule has 0 aromatic heterocycles. The minimum Gasteiger partial charge on any atom is -0.204 e. The molecule has 0 radical (unpaired) electrons. The van der Waals surface area contributed by atoms with Crippen LogP contribution in [0.25, 0.3) is 11.1 Å². The highest BCUT2D eigenvalue weighted by molar-refractivity contribution is 5.74. The third-order valence-electron chi connectivity index (χ3n) is 3.28. The van der Waals surface area contributed by atoms with Crippen LogP contribution in [0.1, 0.15) is 11.1 Å². The molecule has 1 aliphatic carbocycles. The van der Waals surface area contributed by atoms with Crippen LogP contribution in [-0.2, 0) is 12.8 Å². The van der Waals surface area contributed by atoms with Crippen molar-refractivity contribution in [3.8, 4) is 11.1 Å². The number of hydrogen-bond donors (Lipinski definition) is 0. The summed E-state index contributed by atoms with van der Waals surface area (Å²) in [7, 11) is 0. The lowest BCUT2D eigenvalue weighted by Crippen LogP contribution is -2.10. The van der Waals surface area contributed by atoms with Gasteiger partial charge in [0, 0.05) is 11.1 Å². The monoisotopic (exact) mass is 252 g/mol. The van der Waals surface area contributed by atoms with E-state index in [1.807, 2.05) is 0 Å². The van der Waals surface area contributed by atoms with Crippen molar-refractivity contribution in [3.05, 3.63) is 58.7 Å². The Hall–Kier alpha value is -1.84. The number of hydrogen-bond acceptors (Lipinski definition) is 0. The summed E-state index contributed by atoms with van der Waals surface area (Å²) in [6.45, 7) is 0. The Morgan fingerprint density at radius 1 is 0.611 bits per heavy atom. The Morgan fingerprint density at radius 3 is 1.39 bits per heavy atom. The van der Waals surface area contributed by atoms with Gasteiger partial charge in [-0.05, 0) is 36.1 Å². The molecule has 0 saturated heterocycles. The number of halogens is 4. The first-order valence-electron chi connectivity index (χ1n) is 5.53. The molecule has 0 atom stereocenters. The minimum atomic E-state index is -1.11. The van der Waals surface area contributed by atoms with Gasteiger partial charge in [0.1, 0.15) is 0 Å². The fourth-order valence-electron chi connectivity index (χ4n) is 2.41. The maximum Gasteiger partial charge on any atom is 0.167 e. The van der Waals surface area contributed by atoms with Crippen molar-refractivity contribution in [2.45, 2.75) is 12.8 Å². The number of fused-ring (bicyclic) bond motifs is 3. The summed E-state index contributed by atoms with van der Waals surface area (Å²) in [5.41, 5.74) is 0.721. The van der Waals surface area contributed by atoms with E-state index in [0.717, 1.165) is 12.1 Å². The molecule has 0 spiro atoms. The molecular formula is C14H8F4. The lowest BCUT2D eigenvalue weighted by molar-refractivity contribution is 0.497. The van der Waals surface area contributed by atoms with E-state index in [-0.39, 0.29) is 11.1 Å². The Bertz CT molecular complexity index is 589. The molecular weight excluding hydrogens is 244 g/mol. The van der Waals surface area contributed by atoms with Gasteiger partial charge in [-0.1, -0.05) is 12.1 Å². The molecule has 4 heteroatoms. The number of benzene rings is 2. The van der Waals surface area contributed by atoms with Crippen LogP contribution in [0, 0.1) is 23.3 Å². The Morgan fingerprint density at radius 2 is 1.00 bits per heavy atom. The maximum atomic E-state index is 13.8. The molecule has 1 aliphatic rings. The van der Waals surface area contributed by atoms with Gasteiger partial charge in [0.2, 0.25) is 0 Å². The van der Waals surface area contributed by atoms with Gasteiger partial charge in [0.25, 0.3) is 0 Å². The van der Waals surface area contributed by atoms with Gasteiger partial charge < -0.3 is 0 Å². The zero-order chi connectivity index (χ0) is 12.9. The van der Waals surface area contributed by atoms with Crippen LogP contribution < -0.4 is 0 Å². The SMILES string of the molecule is Fc1ccc2c(c1F)-c1c(ccc(F)c1F)CC2. The van der Waals surface area contributed by atoms with E-state index in [1.165, 1.54) is 12.1 Å². The zero-order valence-corrected chi connectivity index (χ0v) is 9.24. The van der Waals surface area contributed by atoms with Crippen LogP contribution >= 0.6 is 0 Å². The summed E-state index contributed by atoms with van der Waals surface area (Å²) >= 11 is 0. The Balaban J connectivity index is 2.40. The van der Waals surface area contributed by atoms with Crippen LogP contribution in [0.5, 0.6) is 0 Å². The molecule has 0 fully saturated rings. The predicted octanol–water partition coefficient (Wildman–Crippen LogP) is 4.01.